The van der Waals surface area contributed by atoms with Gasteiger partial charge in [-0.2, -0.15) is 0 Å². The molecule has 0 unspecified atom stereocenters. The summed E-state index contributed by atoms with van der Waals surface area (Å²) in [5.41, 5.74) is 1.89. The van der Waals surface area contributed by atoms with Crippen LogP contribution in [0.4, 0.5) is 0 Å². The first-order chi connectivity index (χ1) is 8.65. The maximum atomic E-state index is 10.8. The predicted octanol–water partition coefficient (Wildman–Crippen LogP) is 2.00. The van der Waals surface area contributed by atoms with Crippen LogP contribution in [0.15, 0.2) is 41.2 Å². The largest absolute Gasteiger partial charge is 0.477 e. The van der Waals surface area contributed by atoms with Gasteiger partial charge in [0.25, 0.3) is 0 Å². The molecule has 0 bridgehead atoms. The second-order valence-electron chi connectivity index (χ2n) is 4.12. The average molecular weight is 246 g/mol. The summed E-state index contributed by atoms with van der Waals surface area (Å²) < 4.78 is 5.00. The van der Waals surface area contributed by atoms with Gasteiger partial charge < -0.3 is 9.52 Å². The Kier molecular flexibility index (Phi) is 3.74. The lowest BCUT2D eigenvalue weighted by Crippen LogP contribution is -2.18. The van der Waals surface area contributed by atoms with Crippen molar-refractivity contribution < 1.29 is 14.3 Å². The van der Waals surface area contributed by atoms with Crippen LogP contribution in [-0.4, -0.2) is 28.0 Å². The van der Waals surface area contributed by atoms with E-state index in [2.05, 4.69) is 4.98 Å². The first kappa shape index (κ1) is 12.3. The molecule has 0 aliphatic heterocycles. The highest BCUT2D eigenvalue weighted by molar-refractivity contribution is 5.85. The van der Waals surface area contributed by atoms with Crippen LogP contribution in [0.5, 0.6) is 0 Å². The number of hydrogen-bond donors (Lipinski definition) is 1. The molecule has 1 N–H and O–H groups in total. The molecule has 2 rings (SSSR count). The summed E-state index contributed by atoms with van der Waals surface area (Å²) in [7, 11) is 1.95. The van der Waals surface area contributed by atoms with Crippen molar-refractivity contribution in [3.63, 3.8) is 0 Å². The van der Waals surface area contributed by atoms with E-state index in [9.17, 15) is 4.79 Å². The molecule has 0 aromatic carbocycles. The lowest BCUT2D eigenvalue weighted by Gasteiger charge is -2.15. The Labute approximate surface area is 105 Å². The second-order valence-corrected chi connectivity index (χ2v) is 4.12. The normalized spacial score (nSPS) is 10.8. The molecule has 5 nitrogen and oxygen atoms in total. The highest BCUT2D eigenvalue weighted by atomic mass is 16.4. The number of aromatic nitrogens is 1. The van der Waals surface area contributed by atoms with Crippen LogP contribution in [0.3, 0.4) is 0 Å². The third-order valence-corrected chi connectivity index (χ3v) is 2.49. The number of nitrogens with zero attached hydrogens (tertiary/aromatic N) is 2. The van der Waals surface area contributed by atoms with E-state index in [1.54, 1.807) is 18.6 Å². The van der Waals surface area contributed by atoms with Crippen molar-refractivity contribution in [1.82, 2.24) is 9.88 Å². The number of furan rings is 1. The fourth-order valence-corrected chi connectivity index (χ4v) is 1.71. The maximum absolute atomic E-state index is 10.8. The second kappa shape index (κ2) is 5.46. The van der Waals surface area contributed by atoms with Crippen molar-refractivity contribution in [2.45, 2.75) is 13.1 Å². The van der Waals surface area contributed by atoms with Crippen LogP contribution in [0.1, 0.15) is 21.7 Å². The zero-order valence-electron chi connectivity index (χ0n) is 10.0. The van der Waals surface area contributed by atoms with Crippen LogP contribution in [-0.2, 0) is 13.1 Å². The zero-order valence-corrected chi connectivity index (χ0v) is 10.0. The molecule has 0 aliphatic carbocycles. The lowest BCUT2D eigenvalue weighted by molar-refractivity contribution is 0.0690. The molecule has 2 aromatic heterocycles. The van der Waals surface area contributed by atoms with Gasteiger partial charge >= 0.3 is 5.97 Å². The Balaban J connectivity index is 2.00. The Bertz CT molecular complexity index is 523. The van der Waals surface area contributed by atoms with Crippen LogP contribution in [0, 0.1) is 0 Å². The van der Waals surface area contributed by atoms with Crippen LogP contribution < -0.4 is 0 Å². The average Bonchev–Trinajstić information content (AvgIpc) is 2.82. The SMILES string of the molecule is CN(Cc1ccoc1)Cc1cccc(C(=O)O)n1. The number of hydrogen-bond acceptors (Lipinski definition) is 4. The van der Waals surface area contributed by atoms with E-state index in [1.165, 1.54) is 6.07 Å². The van der Waals surface area contributed by atoms with Crippen molar-refractivity contribution in [2.75, 3.05) is 7.05 Å². The Hall–Kier alpha value is -2.14. The number of pyridine rings is 1. The molecule has 2 aromatic rings. The third-order valence-electron chi connectivity index (χ3n) is 2.49. The quantitative estimate of drug-likeness (QED) is 0.874. The molecule has 0 radical (unpaired) electrons. The Morgan fingerprint density at radius 3 is 2.89 bits per heavy atom. The van der Waals surface area contributed by atoms with Gasteiger partial charge in [0.05, 0.1) is 18.2 Å². The molecule has 0 saturated heterocycles. The van der Waals surface area contributed by atoms with E-state index >= 15 is 0 Å². The smallest absolute Gasteiger partial charge is 0.354 e. The lowest BCUT2D eigenvalue weighted by atomic mass is 10.2. The van der Waals surface area contributed by atoms with Crippen molar-refractivity contribution in [1.29, 1.82) is 0 Å². The standard InChI is InChI=1S/C13H14N2O3/c1-15(7-10-5-6-18-9-10)8-11-3-2-4-12(14-11)13(16)17/h2-6,9H,7-8H2,1H3,(H,16,17). The molecule has 0 atom stereocenters. The Morgan fingerprint density at radius 2 is 2.22 bits per heavy atom. The van der Waals surface area contributed by atoms with Crippen molar-refractivity contribution in [2.24, 2.45) is 0 Å². The number of aromatic carboxylic acids is 1. The van der Waals surface area contributed by atoms with Gasteiger partial charge in [-0.25, -0.2) is 9.78 Å². The number of rotatable bonds is 5. The van der Waals surface area contributed by atoms with Crippen LogP contribution in [0.25, 0.3) is 0 Å². The number of carboxylic acids is 1. The van der Waals surface area contributed by atoms with E-state index in [1.807, 2.05) is 24.1 Å². The van der Waals surface area contributed by atoms with Gasteiger partial charge in [0.1, 0.15) is 5.69 Å². The molecular formula is C13H14N2O3. The van der Waals surface area contributed by atoms with E-state index in [-0.39, 0.29) is 5.69 Å². The van der Waals surface area contributed by atoms with Crippen LogP contribution in [0.2, 0.25) is 0 Å². The molecule has 5 heteroatoms. The van der Waals surface area contributed by atoms with Crippen LogP contribution >= 0.6 is 0 Å². The van der Waals surface area contributed by atoms with Gasteiger partial charge in [-0.3, -0.25) is 4.90 Å². The monoisotopic (exact) mass is 246 g/mol. The molecule has 0 aliphatic rings. The molecule has 0 amide bonds. The molecular weight excluding hydrogens is 232 g/mol. The summed E-state index contributed by atoms with van der Waals surface area (Å²) in [6, 6.07) is 6.91. The van der Waals surface area contributed by atoms with E-state index in [4.69, 9.17) is 9.52 Å². The third kappa shape index (κ3) is 3.18. The first-order valence-corrected chi connectivity index (χ1v) is 5.54. The van der Waals surface area contributed by atoms with Gasteiger partial charge in [-0.15, -0.1) is 0 Å². The van der Waals surface area contributed by atoms with Gasteiger partial charge in [-0.05, 0) is 25.2 Å². The summed E-state index contributed by atoms with van der Waals surface area (Å²) in [6.45, 7) is 1.32. The van der Waals surface area contributed by atoms with Gasteiger partial charge in [0.15, 0.2) is 0 Å². The molecule has 2 heterocycles. The Morgan fingerprint density at radius 1 is 1.39 bits per heavy atom. The molecule has 0 spiro atoms. The van der Waals surface area contributed by atoms with E-state index in [0.717, 1.165) is 17.8 Å². The van der Waals surface area contributed by atoms with E-state index < -0.39 is 5.97 Å². The molecule has 0 saturated carbocycles. The zero-order chi connectivity index (χ0) is 13.0. The highest BCUT2D eigenvalue weighted by Gasteiger charge is 2.07. The van der Waals surface area contributed by atoms with Gasteiger partial charge in [0.2, 0.25) is 0 Å². The predicted molar refractivity (Wildman–Crippen MR) is 65.1 cm³/mol. The molecule has 0 fully saturated rings. The topological polar surface area (TPSA) is 66.6 Å². The minimum absolute atomic E-state index is 0.0733. The minimum atomic E-state index is -1.01. The summed E-state index contributed by atoms with van der Waals surface area (Å²) in [5, 5.41) is 8.86. The molecule has 18 heavy (non-hydrogen) atoms. The molecule has 94 valence electrons. The number of carboxylic acid groups (broad SMARTS) is 1. The van der Waals surface area contributed by atoms with Gasteiger partial charge in [-0.1, -0.05) is 6.07 Å². The summed E-state index contributed by atoms with van der Waals surface area (Å²) in [4.78, 5) is 16.9. The van der Waals surface area contributed by atoms with Crippen molar-refractivity contribution >= 4 is 5.97 Å². The highest BCUT2D eigenvalue weighted by Crippen LogP contribution is 2.08. The first-order valence-electron chi connectivity index (χ1n) is 5.54. The van der Waals surface area contributed by atoms with Gasteiger partial charge in [0, 0.05) is 18.7 Å². The summed E-state index contributed by atoms with van der Waals surface area (Å²) >= 11 is 0. The fourth-order valence-electron chi connectivity index (χ4n) is 1.71. The van der Waals surface area contributed by atoms with Crippen molar-refractivity contribution in [3.05, 3.63) is 53.7 Å². The fraction of sp³-hybridized carbons (Fsp3) is 0.231. The number of carbonyl (C=O) groups is 1. The van der Waals surface area contributed by atoms with Crippen molar-refractivity contribution in [3.8, 4) is 0 Å². The summed E-state index contributed by atoms with van der Waals surface area (Å²) in [6.07, 6.45) is 3.32. The summed E-state index contributed by atoms with van der Waals surface area (Å²) in [5.74, 6) is -1.01. The maximum Gasteiger partial charge on any atom is 0.354 e. The van der Waals surface area contributed by atoms with E-state index in [0.29, 0.717) is 6.54 Å². The minimum Gasteiger partial charge on any atom is -0.477 e.